The van der Waals surface area contributed by atoms with Gasteiger partial charge in [0.1, 0.15) is 0 Å². The highest BCUT2D eigenvalue weighted by Gasteiger charge is 2.16. The number of ether oxygens (including phenoxy) is 1. The van der Waals surface area contributed by atoms with Crippen LogP contribution >= 0.6 is 0 Å². The number of nitrogens with one attached hydrogen (secondary N) is 3. The van der Waals surface area contributed by atoms with Crippen molar-refractivity contribution in [3.8, 4) is 0 Å². The summed E-state index contributed by atoms with van der Waals surface area (Å²) >= 11 is 0. The molecule has 0 aliphatic heterocycles. The van der Waals surface area contributed by atoms with Crippen LogP contribution in [0.1, 0.15) is 24.9 Å². The zero-order chi connectivity index (χ0) is 15.4. The predicted molar refractivity (Wildman–Crippen MR) is 79.9 cm³/mol. The smallest absolute Gasteiger partial charge is 0.323 e. The van der Waals surface area contributed by atoms with Gasteiger partial charge >= 0.3 is 5.69 Å². The number of carbonyl (C=O) groups excluding carboxylic acids is 1. The second-order valence-electron chi connectivity index (χ2n) is 5.00. The number of H-pyrrole nitrogens is 2. The maximum Gasteiger partial charge on any atom is 0.323 e. The molecule has 114 valence electrons. The van der Waals surface area contributed by atoms with Crippen molar-refractivity contribution >= 4 is 16.9 Å². The van der Waals surface area contributed by atoms with E-state index in [9.17, 15) is 9.59 Å². The van der Waals surface area contributed by atoms with Gasteiger partial charge in [0.2, 0.25) is 5.91 Å². The number of aromatic nitrogens is 2. The zero-order valence-corrected chi connectivity index (χ0v) is 12.1. The number of imidazole rings is 1. The van der Waals surface area contributed by atoms with E-state index in [2.05, 4.69) is 15.3 Å². The van der Waals surface area contributed by atoms with Crippen molar-refractivity contribution in [1.82, 2.24) is 15.3 Å². The van der Waals surface area contributed by atoms with Gasteiger partial charge in [0.15, 0.2) is 0 Å². The maximum absolute atomic E-state index is 11.9. The fraction of sp³-hybridized carbons (Fsp3) is 0.429. The Balaban J connectivity index is 2.05. The van der Waals surface area contributed by atoms with Crippen LogP contribution in [-0.4, -0.2) is 35.6 Å². The number of hydrogen-bond donors (Lipinski definition) is 4. The average molecular weight is 292 g/mol. The summed E-state index contributed by atoms with van der Waals surface area (Å²) in [5.74, 6) is -0.220. The van der Waals surface area contributed by atoms with Gasteiger partial charge < -0.3 is 25.8 Å². The summed E-state index contributed by atoms with van der Waals surface area (Å²) in [6.45, 7) is 2.31. The summed E-state index contributed by atoms with van der Waals surface area (Å²) < 4.78 is 4.91. The molecule has 5 N–H and O–H groups in total. The van der Waals surface area contributed by atoms with E-state index >= 15 is 0 Å². The Morgan fingerprint density at radius 2 is 2.10 bits per heavy atom. The van der Waals surface area contributed by atoms with Gasteiger partial charge in [-0.2, -0.15) is 0 Å². The predicted octanol–water partition coefficient (Wildman–Crippen LogP) is 0.397. The van der Waals surface area contributed by atoms with Crippen LogP contribution in [0.2, 0.25) is 0 Å². The number of carbonyl (C=O) groups is 1. The number of hydrogen-bond acceptors (Lipinski definition) is 4. The van der Waals surface area contributed by atoms with Crippen LogP contribution < -0.4 is 16.7 Å². The first-order chi connectivity index (χ1) is 10.0. The van der Waals surface area contributed by atoms with Crippen LogP contribution in [0.25, 0.3) is 11.0 Å². The molecule has 0 fully saturated rings. The molecule has 0 saturated carbocycles. The first kappa shape index (κ1) is 15.3. The molecule has 0 saturated heterocycles. The molecular weight excluding hydrogens is 272 g/mol. The molecule has 1 heterocycles. The molecule has 2 aromatic rings. The van der Waals surface area contributed by atoms with Crippen LogP contribution in [0, 0.1) is 0 Å². The zero-order valence-electron chi connectivity index (χ0n) is 12.1. The quantitative estimate of drug-likeness (QED) is 0.617. The minimum Gasteiger partial charge on any atom is -0.385 e. The molecular formula is C14H20N4O3. The molecule has 2 unspecified atom stereocenters. The molecule has 0 radical (unpaired) electrons. The van der Waals surface area contributed by atoms with Crippen LogP contribution in [0.15, 0.2) is 23.0 Å². The third-order valence-corrected chi connectivity index (χ3v) is 3.37. The van der Waals surface area contributed by atoms with Crippen molar-refractivity contribution in [2.75, 3.05) is 13.7 Å². The molecule has 0 aliphatic rings. The molecule has 7 nitrogen and oxygen atoms in total. The Morgan fingerprint density at radius 3 is 2.81 bits per heavy atom. The van der Waals surface area contributed by atoms with E-state index in [0.717, 1.165) is 11.1 Å². The van der Waals surface area contributed by atoms with Gasteiger partial charge in [-0.15, -0.1) is 0 Å². The van der Waals surface area contributed by atoms with Crippen LogP contribution in [0.3, 0.4) is 0 Å². The fourth-order valence-corrected chi connectivity index (χ4v) is 2.10. The Hall–Kier alpha value is -2.12. The van der Waals surface area contributed by atoms with E-state index in [1.807, 2.05) is 19.1 Å². The van der Waals surface area contributed by atoms with Gasteiger partial charge in [-0.3, -0.25) is 4.79 Å². The summed E-state index contributed by atoms with van der Waals surface area (Å²) in [6.07, 6.45) is 0.471. The molecule has 1 aromatic heterocycles. The molecule has 21 heavy (non-hydrogen) atoms. The van der Waals surface area contributed by atoms with Gasteiger partial charge in [-0.25, -0.2) is 4.79 Å². The number of nitrogens with two attached hydrogens (primary N) is 1. The third-order valence-electron chi connectivity index (χ3n) is 3.37. The third kappa shape index (κ3) is 3.71. The van der Waals surface area contributed by atoms with Gasteiger partial charge in [-0.05, 0) is 31.0 Å². The van der Waals surface area contributed by atoms with Crippen molar-refractivity contribution in [2.45, 2.75) is 25.4 Å². The first-order valence-electron chi connectivity index (χ1n) is 6.78. The molecule has 1 amide bonds. The van der Waals surface area contributed by atoms with E-state index in [4.69, 9.17) is 10.5 Å². The van der Waals surface area contributed by atoms with Gasteiger partial charge in [-0.1, -0.05) is 6.07 Å². The molecule has 7 heteroatoms. The van der Waals surface area contributed by atoms with Crippen molar-refractivity contribution in [1.29, 1.82) is 0 Å². The number of methoxy groups -OCH3 is 1. The van der Waals surface area contributed by atoms with Crippen molar-refractivity contribution < 1.29 is 9.53 Å². The SMILES string of the molecule is COCCC(N)C(=O)NC(C)c1ccc2[nH]c(=O)[nH]c2c1. The summed E-state index contributed by atoms with van der Waals surface area (Å²) in [6, 6.07) is 4.70. The lowest BCUT2D eigenvalue weighted by molar-refractivity contribution is -0.123. The van der Waals surface area contributed by atoms with Gasteiger partial charge in [0.05, 0.1) is 23.1 Å². The summed E-state index contributed by atoms with van der Waals surface area (Å²) in [4.78, 5) is 28.5. The average Bonchev–Trinajstić information content (AvgIpc) is 2.83. The van der Waals surface area contributed by atoms with Crippen molar-refractivity contribution in [2.24, 2.45) is 5.73 Å². The number of benzene rings is 1. The van der Waals surface area contributed by atoms with E-state index < -0.39 is 6.04 Å². The lowest BCUT2D eigenvalue weighted by Gasteiger charge is -2.17. The topological polar surface area (TPSA) is 113 Å². The highest BCUT2D eigenvalue weighted by atomic mass is 16.5. The van der Waals surface area contributed by atoms with Gasteiger partial charge in [0, 0.05) is 13.7 Å². The lowest BCUT2D eigenvalue weighted by atomic mass is 10.1. The largest absolute Gasteiger partial charge is 0.385 e. The molecule has 2 atom stereocenters. The standard InChI is InChI=1S/C14H20N4O3/c1-8(16-13(19)10(15)5-6-21-2)9-3-4-11-12(7-9)18-14(20)17-11/h3-4,7-8,10H,5-6,15H2,1-2H3,(H,16,19)(H2,17,18,20). The van der Waals surface area contributed by atoms with Crippen LogP contribution in [0.5, 0.6) is 0 Å². The first-order valence-corrected chi connectivity index (χ1v) is 6.78. The van der Waals surface area contributed by atoms with E-state index in [-0.39, 0.29) is 17.6 Å². The minimum absolute atomic E-state index is 0.200. The Morgan fingerprint density at radius 1 is 1.38 bits per heavy atom. The fourth-order valence-electron chi connectivity index (χ4n) is 2.10. The number of fused-ring (bicyclic) bond motifs is 1. The maximum atomic E-state index is 11.9. The van der Waals surface area contributed by atoms with E-state index in [0.29, 0.717) is 18.5 Å². The molecule has 2 rings (SSSR count). The molecule has 0 bridgehead atoms. The molecule has 0 aliphatic carbocycles. The Kier molecular flexibility index (Phi) is 4.77. The normalized spacial score (nSPS) is 14.0. The summed E-state index contributed by atoms with van der Waals surface area (Å²) in [5.41, 5.74) is 7.87. The van der Waals surface area contributed by atoms with E-state index in [1.54, 1.807) is 13.2 Å². The summed E-state index contributed by atoms with van der Waals surface area (Å²) in [7, 11) is 1.57. The number of rotatable bonds is 6. The Labute approximate surface area is 121 Å². The lowest BCUT2D eigenvalue weighted by Crippen LogP contribution is -2.42. The Bertz CT molecular complexity index is 676. The van der Waals surface area contributed by atoms with E-state index in [1.165, 1.54) is 0 Å². The number of aromatic amines is 2. The molecule has 0 spiro atoms. The van der Waals surface area contributed by atoms with Crippen LogP contribution in [-0.2, 0) is 9.53 Å². The van der Waals surface area contributed by atoms with Crippen LogP contribution in [0.4, 0.5) is 0 Å². The van der Waals surface area contributed by atoms with Crippen molar-refractivity contribution in [3.05, 3.63) is 34.2 Å². The van der Waals surface area contributed by atoms with Gasteiger partial charge in [0.25, 0.3) is 0 Å². The highest BCUT2D eigenvalue weighted by molar-refractivity contribution is 5.82. The summed E-state index contributed by atoms with van der Waals surface area (Å²) in [5, 5.41) is 2.85. The monoisotopic (exact) mass is 292 g/mol. The molecule has 1 aromatic carbocycles. The minimum atomic E-state index is -0.594. The second-order valence-corrected chi connectivity index (χ2v) is 5.00. The second kappa shape index (κ2) is 6.55. The highest BCUT2D eigenvalue weighted by Crippen LogP contribution is 2.17. The number of amides is 1. The van der Waals surface area contributed by atoms with Crippen molar-refractivity contribution in [3.63, 3.8) is 0 Å².